The summed E-state index contributed by atoms with van der Waals surface area (Å²) < 4.78 is 29.0. The lowest BCUT2D eigenvalue weighted by molar-refractivity contribution is -0.117. The van der Waals surface area contributed by atoms with Crippen molar-refractivity contribution in [1.82, 2.24) is 4.72 Å². The molecule has 3 aromatic rings. The Morgan fingerprint density at radius 2 is 1.86 bits per heavy atom. The van der Waals surface area contributed by atoms with Crippen molar-refractivity contribution in [2.75, 3.05) is 11.6 Å². The number of carbonyl (C=O) groups is 1. The lowest BCUT2D eigenvalue weighted by Gasteiger charge is -2.18. The maximum absolute atomic E-state index is 13.0. The molecular formula is C20H19BrN2O3S3. The average molecular weight is 511 g/mol. The van der Waals surface area contributed by atoms with Crippen LogP contribution in [0, 0.1) is 0 Å². The van der Waals surface area contributed by atoms with E-state index in [2.05, 4.69) is 26.0 Å². The standard InChI is InChI=1S/C20H19BrN2O3S3/c1-27-16-9-5-8-15(13-16)22-20(24)17(12-14-6-3-2-4-7-14)23-29(25,26)19-11-10-18(21)28-19/h2-11,13,17,23H,12H2,1H3,(H,22,24)/t17-/m0/s1. The lowest BCUT2D eigenvalue weighted by Crippen LogP contribution is -2.45. The summed E-state index contributed by atoms with van der Waals surface area (Å²) in [6, 6.07) is 19.0. The molecule has 1 heterocycles. The maximum atomic E-state index is 13.0. The molecular weight excluding hydrogens is 492 g/mol. The van der Waals surface area contributed by atoms with E-state index in [0.717, 1.165) is 21.8 Å². The summed E-state index contributed by atoms with van der Waals surface area (Å²) in [5.41, 5.74) is 1.48. The molecule has 0 aliphatic carbocycles. The van der Waals surface area contributed by atoms with Gasteiger partial charge in [-0.2, -0.15) is 4.72 Å². The topological polar surface area (TPSA) is 75.3 Å². The van der Waals surface area contributed by atoms with Crippen LogP contribution >= 0.6 is 39.0 Å². The van der Waals surface area contributed by atoms with Crippen molar-refractivity contribution in [3.8, 4) is 0 Å². The number of benzene rings is 2. The van der Waals surface area contributed by atoms with Crippen LogP contribution in [0.1, 0.15) is 5.56 Å². The Balaban J connectivity index is 1.84. The average Bonchev–Trinajstić information content (AvgIpc) is 3.15. The number of thiophene rings is 1. The fourth-order valence-corrected chi connectivity index (χ4v) is 6.34. The third kappa shape index (κ3) is 6.16. The fourth-order valence-electron chi connectivity index (χ4n) is 2.66. The molecule has 152 valence electrons. The summed E-state index contributed by atoms with van der Waals surface area (Å²) in [7, 11) is -3.84. The largest absolute Gasteiger partial charge is 0.325 e. The number of carbonyl (C=O) groups excluding carboxylic acids is 1. The summed E-state index contributed by atoms with van der Waals surface area (Å²) >= 11 is 5.94. The molecule has 0 radical (unpaired) electrons. The van der Waals surface area contributed by atoms with Crippen molar-refractivity contribution in [3.05, 3.63) is 76.1 Å². The van der Waals surface area contributed by atoms with Gasteiger partial charge in [0, 0.05) is 10.6 Å². The molecule has 2 N–H and O–H groups in total. The first-order valence-corrected chi connectivity index (χ1v) is 13.0. The van der Waals surface area contributed by atoms with E-state index in [-0.39, 0.29) is 10.6 Å². The van der Waals surface area contributed by atoms with E-state index in [1.54, 1.807) is 23.9 Å². The van der Waals surface area contributed by atoms with Gasteiger partial charge >= 0.3 is 0 Å². The number of thioether (sulfide) groups is 1. The molecule has 0 bridgehead atoms. The Morgan fingerprint density at radius 3 is 2.52 bits per heavy atom. The van der Waals surface area contributed by atoms with Gasteiger partial charge in [0.05, 0.1) is 3.79 Å². The maximum Gasteiger partial charge on any atom is 0.250 e. The highest BCUT2D eigenvalue weighted by atomic mass is 79.9. The van der Waals surface area contributed by atoms with Gasteiger partial charge in [0.2, 0.25) is 5.91 Å². The Labute approximate surface area is 187 Å². The summed E-state index contributed by atoms with van der Waals surface area (Å²) in [6.45, 7) is 0. The number of halogens is 1. The zero-order chi connectivity index (χ0) is 20.9. The zero-order valence-corrected chi connectivity index (χ0v) is 19.5. The normalized spacial score (nSPS) is 12.5. The third-order valence-corrected chi connectivity index (χ3v) is 8.36. The fraction of sp³-hybridized carbons (Fsp3) is 0.150. The molecule has 1 amide bonds. The minimum atomic E-state index is -3.84. The van der Waals surface area contributed by atoms with E-state index in [1.165, 1.54) is 6.07 Å². The van der Waals surface area contributed by atoms with Crippen LogP contribution in [-0.4, -0.2) is 26.6 Å². The number of sulfonamides is 1. The first kappa shape index (κ1) is 22.0. The molecule has 0 spiro atoms. The van der Waals surface area contributed by atoms with Gasteiger partial charge in [-0.25, -0.2) is 8.42 Å². The van der Waals surface area contributed by atoms with E-state index in [1.807, 2.05) is 54.8 Å². The van der Waals surface area contributed by atoms with E-state index in [0.29, 0.717) is 9.47 Å². The molecule has 1 aromatic heterocycles. The number of hydrogen-bond donors (Lipinski definition) is 2. The van der Waals surface area contributed by atoms with Gasteiger partial charge in [0.1, 0.15) is 10.3 Å². The highest BCUT2D eigenvalue weighted by Gasteiger charge is 2.27. The minimum Gasteiger partial charge on any atom is -0.325 e. The van der Waals surface area contributed by atoms with Crippen LogP contribution in [0.5, 0.6) is 0 Å². The third-order valence-electron chi connectivity index (χ3n) is 4.05. The van der Waals surface area contributed by atoms with Gasteiger partial charge in [-0.15, -0.1) is 23.1 Å². The molecule has 0 aliphatic heterocycles. The van der Waals surface area contributed by atoms with Gasteiger partial charge in [-0.05, 0) is 64.5 Å². The molecule has 2 aromatic carbocycles. The summed E-state index contributed by atoms with van der Waals surface area (Å²) in [5.74, 6) is -0.411. The molecule has 29 heavy (non-hydrogen) atoms. The van der Waals surface area contributed by atoms with Crippen molar-refractivity contribution in [2.45, 2.75) is 21.6 Å². The van der Waals surface area contributed by atoms with Gasteiger partial charge in [0.15, 0.2) is 0 Å². The molecule has 0 unspecified atom stereocenters. The zero-order valence-electron chi connectivity index (χ0n) is 15.5. The summed E-state index contributed by atoms with van der Waals surface area (Å²) in [4.78, 5) is 14.0. The van der Waals surface area contributed by atoms with Crippen LogP contribution in [-0.2, 0) is 21.2 Å². The molecule has 0 fully saturated rings. The predicted molar refractivity (Wildman–Crippen MR) is 123 cm³/mol. The quantitative estimate of drug-likeness (QED) is 0.428. The highest BCUT2D eigenvalue weighted by molar-refractivity contribution is 9.11. The molecule has 1 atom stereocenters. The van der Waals surface area contributed by atoms with E-state index < -0.39 is 22.0 Å². The molecule has 5 nitrogen and oxygen atoms in total. The number of amides is 1. The van der Waals surface area contributed by atoms with Crippen LogP contribution in [0.15, 0.2) is 79.6 Å². The SMILES string of the molecule is CSc1cccc(NC(=O)[C@H](Cc2ccccc2)NS(=O)(=O)c2ccc(Br)s2)c1. The summed E-state index contributed by atoms with van der Waals surface area (Å²) in [5, 5.41) is 2.83. The van der Waals surface area contributed by atoms with Gasteiger partial charge in [-0.3, -0.25) is 4.79 Å². The monoisotopic (exact) mass is 510 g/mol. The van der Waals surface area contributed by atoms with Crippen molar-refractivity contribution in [2.24, 2.45) is 0 Å². The number of rotatable bonds is 8. The second-order valence-electron chi connectivity index (χ2n) is 6.14. The van der Waals surface area contributed by atoms with Crippen LogP contribution in [0.2, 0.25) is 0 Å². The van der Waals surface area contributed by atoms with Gasteiger partial charge < -0.3 is 5.32 Å². The predicted octanol–water partition coefficient (Wildman–Crippen LogP) is 4.76. The van der Waals surface area contributed by atoms with Crippen LogP contribution in [0.25, 0.3) is 0 Å². The molecule has 0 saturated heterocycles. The number of anilines is 1. The molecule has 9 heteroatoms. The van der Waals surface area contributed by atoms with Crippen LogP contribution in [0.3, 0.4) is 0 Å². The Hall–Kier alpha value is -1.65. The number of nitrogens with one attached hydrogen (secondary N) is 2. The Bertz CT molecular complexity index is 1090. The first-order chi connectivity index (χ1) is 13.9. The van der Waals surface area contributed by atoms with Crippen molar-refractivity contribution in [1.29, 1.82) is 0 Å². The number of hydrogen-bond acceptors (Lipinski definition) is 5. The van der Waals surface area contributed by atoms with E-state index in [4.69, 9.17) is 0 Å². The lowest BCUT2D eigenvalue weighted by atomic mass is 10.1. The molecule has 0 aliphatic rings. The molecule has 0 saturated carbocycles. The van der Waals surface area contributed by atoms with E-state index in [9.17, 15) is 13.2 Å². The molecule has 3 rings (SSSR count). The van der Waals surface area contributed by atoms with Crippen molar-refractivity contribution >= 4 is 60.6 Å². The highest BCUT2D eigenvalue weighted by Crippen LogP contribution is 2.26. The van der Waals surface area contributed by atoms with Gasteiger partial charge in [-0.1, -0.05) is 36.4 Å². The summed E-state index contributed by atoms with van der Waals surface area (Å²) in [6.07, 6.45) is 2.19. The van der Waals surface area contributed by atoms with Crippen molar-refractivity contribution < 1.29 is 13.2 Å². The van der Waals surface area contributed by atoms with Crippen LogP contribution in [0.4, 0.5) is 5.69 Å². The second kappa shape index (κ2) is 9.90. The smallest absolute Gasteiger partial charge is 0.250 e. The van der Waals surface area contributed by atoms with Crippen molar-refractivity contribution in [3.63, 3.8) is 0 Å². The Morgan fingerprint density at radius 1 is 1.10 bits per heavy atom. The Kier molecular flexibility index (Phi) is 7.53. The first-order valence-electron chi connectivity index (χ1n) is 8.64. The van der Waals surface area contributed by atoms with Gasteiger partial charge in [0.25, 0.3) is 10.0 Å². The van der Waals surface area contributed by atoms with Crippen LogP contribution < -0.4 is 10.0 Å². The second-order valence-corrected chi connectivity index (χ2v) is 11.4. The minimum absolute atomic E-state index is 0.152. The van der Waals surface area contributed by atoms with E-state index >= 15 is 0 Å².